The minimum atomic E-state index is 0.497. The third-order valence-electron chi connectivity index (χ3n) is 3.09. The van der Waals surface area contributed by atoms with Crippen LogP contribution in [0.5, 0.6) is 0 Å². The van der Waals surface area contributed by atoms with E-state index in [4.69, 9.17) is 4.98 Å². The van der Waals surface area contributed by atoms with Gasteiger partial charge in [-0.25, -0.2) is 4.98 Å². The van der Waals surface area contributed by atoms with Crippen LogP contribution >= 0.6 is 23.1 Å². The van der Waals surface area contributed by atoms with Crippen molar-refractivity contribution in [3.63, 3.8) is 0 Å². The van der Waals surface area contributed by atoms with Gasteiger partial charge in [-0.3, -0.25) is 0 Å². The second-order valence-electron chi connectivity index (χ2n) is 4.42. The molecule has 18 heavy (non-hydrogen) atoms. The van der Waals surface area contributed by atoms with Gasteiger partial charge >= 0.3 is 0 Å². The molecule has 0 saturated carbocycles. The molecule has 1 fully saturated rings. The zero-order valence-electron chi connectivity index (χ0n) is 10.1. The molecule has 0 spiro atoms. The smallest absolute Gasteiger partial charge is 0.103 e. The van der Waals surface area contributed by atoms with E-state index in [0.29, 0.717) is 6.04 Å². The highest BCUT2D eigenvalue weighted by Crippen LogP contribution is 2.28. The fourth-order valence-corrected chi connectivity index (χ4v) is 3.94. The van der Waals surface area contributed by atoms with Crippen LogP contribution in [0, 0.1) is 0 Å². The Balaban J connectivity index is 1.60. The zero-order chi connectivity index (χ0) is 12.2. The predicted molar refractivity (Wildman–Crippen MR) is 78.1 cm³/mol. The lowest BCUT2D eigenvalue weighted by Gasteiger charge is -2.05. The minimum Gasteiger partial charge on any atom is -0.309 e. The van der Waals surface area contributed by atoms with Crippen LogP contribution in [0.4, 0.5) is 0 Å². The maximum atomic E-state index is 4.74. The fourth-order valence-electron chi connectivity index (χ4n) is 2.15. The number of nitrogens with one attached hydrogen (secondary N) is 1. The van der Waals surface area contributed by atoms with Crippen LogP contribution in [0.2, 0.25) is 0 Å². The van der Waals surface area contributed by atoms with Crippen molar-refractivity contribution >= 4 is 23.1 Å². The van der Waals surface area contributed by atoms with Crippen LogP contribution in [0.3, 0.4) is 0 Å². The van der Waals surface area contributed by atoms with E-state index >= 15 is 0 Å². The Morgan fingerprint density at radius 2 is 2.22 bits per heavy atom. The molecule has 1 aliphatic rings. The first-order chi connectivity index (χ1) is 8.92. The van der Waals surface area contributed by atoms with Crippen LogP contribution < -0.4 is 5.32 Å². The summed E-state index contributed by atoms with van der Waals surface area (Å²) in [6, 6.07) is 11.0. The van der Waals surface area contributed by atoms with Crippen molar-refractivity contribution in [1.82, 2.24) is 10.3 Å². The molecule has 94 valence electrons. The largest absolute Gasteiger partial charge is 0.309 e. The van der Waals surface area contributed by atoms with Crippen molar-refractivity contribution in [3.8, 4) is 0 Å². The summed E-state index contributed by atoms with van der Waals surface area (Å²) in [5.74, 6) is 0.974. The third kappa shape index (κ3) is 2.94. The topological polar surface area (TPSA) is 24.9 Å². The van der Waals surface area contributed by atoms with E-state index in [9.17, 15) is 0 Å². The van der Waals surface area contributed by atoms with Crippen LogP contribution in [0.25, 0.3) is 0 Å². The monoisotopic (exact) mass is 276 g/mol. The zero-order valence-corrected chi connectivity index (χ0v) is 11.8. The van der Waals surface area contributed by atoms with Crippen molar-refractivity contribution in [2.24, 2.45) is 0 Å². The molecule has 3 rings (SSSR count). The summed E-state index contributed by atoms with van der Waals surface area (Å²) < 4.78 is 0. The van der Waals surface area contributed by atoms with Gasteiger partial charge in [0.05, 0.1) is 17.5 Å². The van der Waals surface area contributed by atoms with Gasteiger partial charge in [-0.15, -0.1) is 23.1 Å². The SMILES string of the molecule is c1ccc(SCc2nc(C3CCCN3)cs2)cc1. The average Bonchev–Trinajstić information content (AvgIpc) is 3.08. The highest BCUT2D eigenvalue weighted by Gasteiger charge is 2.18. The van der Waals surface area contributed by atoms with Gasteiger partial charge in [0.2, 0.25) is 0 Å². The number of benzene rings is 1. The van der Waals surface area contributed by atoms with Crippen molar-refractivity contribution in [3.05, 3.63) is 46.4 Å². The standard InChI is InChI=1S/C14H16N2S2/c1-2-5-11(6-3-1)17-10-14-16-13(9-18-14)12-7-4-8-15-12/h1-3,5-6,9,12,15H,4,7-8,10H2. The molecule has 0 bridgehead atoms. The van der Waals surface area contributed by atoms with Gasteiger partial charge in [-0.2, -0.15) is 0 Å². The lowest BCUT2D eigenvalue weighted by molar-refractivity contribution is 0.630. The molecule has 1 N–H and O–H groups in total. The Bertz CT molecular complexity index is 490. The molecule has 0 aliphatic carbocycles. The molecule has 2 nitrogen and oxygen atoms in total. The van der Waals surface area contributed by atoms with E-state index in [0.717, 1.165) is 12.3 Å². The molecule has 1 aromatic heterocycles. The fraction of sp³-hybridized carbons (Fsp3) is 0.357. The molecule has 1 saturated heterocycles. The van der Waals surface area contributed by atoms with Gasteiger partial charge in [0, 0.05) is 10.3 Å². The average molecular weight is 276 g/mol. The van der Waals surface area contributed by atoms with E-state index in [2.05, 4.69) is 41.0 Å². The molecular formula is C14H16N2S2. The maximum Gasteiger partial charge on any atom is 0.103 e. The van der Waals surface area contributed by atoms with Crippen LogP contribution in [0.15, 0.2) is 40.6 Å². The molecule has 0 radical (unpaired) electrons. The minimum absolute atomic E-state index is 0.497. The highest BCUT2D eigenvalue weighted by atomic mass is 32.2. The molecule has 4 heteroatoms. The number of hydrogen-bond donors (Lipinski definition) is 1. The molecule has 0 amide bonds. The number of nitrogens with zero attached hydrogens (tertiary/aromatic N) is 1. The normalized spacial score (nSPS) is 19.2. The van der Waals surface area contributed by atoms with Gasteiger partial charge < -0.3 is 5.32 Å². The van der Waals surface area contributed by atoms with Crippen molar-refractivity contribution < 1.29 is 0 Å². The summed E-state index contributed by atoms with van der Waals surface area (Å²) in [5.41, 5.74) is 1.24. The van der Waals surface area contributed by atoms with Crippen molar-refractivity contribution in [1.29, 1.82) is 0 Å². The van der Waals surface area contributed by atoms with Crippen LogP contribution in [-0.2, 0) is 5.75 Å². The molecule has 2 aromatic rings. The van der Waals surface area contributed by atoms with Crippen LogP contribution in [0.1, 0.15) is 29.6 Å². The van der Waals surface area contributed by atoms with Gasteiger partial charge in [0.1, 0.15) is 5.01 Å². The van der Waals surface area contributed by atoms with Gasteiger partial charge in [-0.1, -0.05) is 18.2 Å². The Labute approximate surface area is 116 Å². The highest BCUT2D eigenvalue weighted by molar-refractivity contribution is 7.98. The number of thiazole rings is 1. The van der Waals surface area contributed by atoms with Crippen molar-refractivity contribution in [2.45, 2.75) is 29.5 Å². The maximum absolute atomic E-state index is 4.74. The summed E-state index contributed by atoms with van der Waals surface area (Å²) >= 11 is 3.64. The molecular weight excluding hydrogens is 260 g/mol. The molecule has 2 heterocycles. The Hall–Kier alpha value is -0.840. The number of hydrogen-bond acceptors (Lipinski definition) is 4. The van der Waals surface area contributed by atoms with Crippen LogP contribution in [-0.4, -0.2) is 11.5 Å². The number of rotatable bonds is 4. The lowest BCUT2D eigenvalue weighted by atomic mass is 10.2. The van der Waals surface area contributed by atoms with Crippen molar-refractivity contribution in [2.75, 3.05) is 6.54 Å². The lowest BCUT2D eigenvalue weighted by Crippen LogP contribution is -2.13. The first-order valence-corrected chi connectivity index (χ1v) is 8.14. The third-order valence-corrected chi connectivity index (χ3v) is 5.17. The second kappa shape index (κ2) is 5.87. The molecule has 1 atom stereocenters. The number of aromatic nitrogens is 1. The molecule has 1 aliphatic heterocycles. The first-order valence-electron chi connectivity index (χ1n) is 6.27. The summed E-state index contributed by atoms with van der Waals surface area (Å²) in [5, 5.41) is 6.94. The van der Waals surface area contributed by atoms with E-state index < -0.39 is 0 Å². The first kappa shape index (κ1) is 12.2. The summed E-state index contributed by atoms with van der Waals surface area (Å²) in [6.07, 6.45) is 2.51. The number of thioether (sulfide) groups is 1. The Kier molecular flexibility index (Phi) is 3.98. The molecule has 1 aromatic carbocycles. The summed E-state index contributed by atoms with van der Waals surface area (Å²) in [6.45, 7) is 1.14. The second-order valence-corrected chi connectivity index (χ2v) is 6.41. The van der Waals surface area contributed by atoms with Gasteiger partial charge in [0.25, 0.3) is 0 Å². The van der Waals surface area contributed by atoms with E-state index in [1.54, 1.807) is 11.3 Å². The quantitative estimate of drug-likeness (QED) is 0.858. The Morgan fingerprint density at radius 3 is 3.00 bits per heavy atom. The van der Waals surface area contributed by atoms with E-state index in [-0.39, 0.29) is 0 Å². The van der Waals surface area contributed by atoms with E-state index in [1.807, 2.05) is 11.8 Å². The van der Waals surface area contributed by atoms with E-state index in [1.165, 1.54) is 28.4 Å². The summed E-state index contributed by atoms with van der Waals surface area (Å²) in [4.78, 5) is 6.06. The summed E-state index contributed by atoms with van der Waals surface area (Å²) in [7, 11) is 0. The Morgan fingerprint density at radius 1 is 1.33 bits per heavy atom. The molecule has 1 unspecified atom stereocenters. The van der Waals surface area contributed by atoms with Gasteiger partial charge in [0.15, 0.2) is 0 Å². The predicted octanol–water partition coefficient (Wildman–Crippen LogP) is 3.86. The van der Waals surface area contributed by atoms with Gasteiger partial charge in [-0.05, 0) is 31.5 Å².